The molecule has 0 aromatic heterocycles. The molecular formula is C12H14O2. The van der Waals surface area contributed by atoms with Gasteiger partial charge in [-0.15, -0.1) is 0 Å². The number of phenols is 1. The van der Waals surface area contributed by atoms with Gasteiger partial charge in [-0.3, -0.25) is 4.79 Å². The fourth-order valence-electron chi connectivity index (χ4n) is 2.24. The quantitative estimate of drug-likeness (QED) is 0.690. The lowest BCUT2D eigenvalue weighted by molar-refractivity contribution is 0.101. The first-order chi connectivity index (χ1) is 6.61. The molecule has 2 heteroatoms. The van der Waals surface area contributed by atoms with Gasteiger partial charge in [0.15, 0.2) is 5.78 Å². The van der Waals surface area contributed by atoms with Crippen LogP contribution < -0.4 is 0 Å². The Morgan fingerprint density at radius 2 is 2.00 bits per heavy atom. The summed E-state index contributed by atoms with van der Waals surface area (Å²) in [6, 6.07) is 1.81. The third kappa shape index (κ3) is 1.22. The molecule has 0 unspecified atom stereocenters. The fraction of sp³-hybridized carbons (Fsp3) is 0.417. The predicted octanol–water partition coefficient (Wildman–Crippen LogP) is 2.39. The van der Waals surface area contributed by atoms with Crippen molar-refractivity contribution in [3.63, 3.8) is 0 Å². The van der Waals surface area contributed by atoms with Crippen molar-refractivity contribution in [2.24, 2.45) is 0 Å². The van der Waals surface area contributed by atoms with Crippen molar-refractivity contribution in [2.75, 3.05) is 0 Å². The number of fused-ring (bicyclic) bond motifs is 1. The Bertz CT molecular complexity index is 405. The van der Waals surface area contributed by atoms with Gasteiger partial charge in [-0.2, -0.15) is 0 Å². The van der Waals surface area contributed by atoms with E-state index in [4.69, 9.17) is 0 Å². The van der Waals surface area contributed by atoms with Crippen molar-refractivity contribution in [1.29, 1.82) is 0 Å². The van der Waals surface area contributed by atoms with Crippen LogP contribution in [0.1, 0.15) is 40.4 Å². The molecule has 1 aliphatic rings. The molecular weight excluding hydrogens is 176 g/mol. The molecule has 1 aromatic carbocycles. The summed E-state index contributed by atoms with van der Waals surface area (Å²) in [5.41, 5.74) is 3.85. The van der Waals surface area contributed by atoms with Crippen LogP contribution in [0.15, 0.2) is 6.07 Å². The minimum absolute atomic E-state index is 0.0553. The second-order valence-electron chi connectivity index (χ2n) is 3.96. The molecule has 0 amide bonds. The molecule has 14 heavy (non-hydrogen) atoms. The smallest absolute Gasteiger partial charge is 0.163 e. The third-order valence-corrected chi connectivity index (χ3v) is 2.97. The summed E-state index contributed by atoms with van der Waals surface area (Å²) in [7, 11) is 0. The number of benzene rings is 1. The SMILES string of the molecule is CC(=O)c1cc(C)c2c(c1O)CCC2. The van der Waals surface area contributed by atoms with Gasteiger partial charge >= 0.3 is 0 Å². The van der Waals surface area contributed by atoms with Gasteiger partial charge in [0, 0.05) is 0 Å². The zero-order chi connectivity index (χ0) is 10.3. The Balaban J connectivity index is 2.68. The summed E-state index contributed by atoms with van der Waals surface area (Å²) in [5.74, 6) is 0.163. The van der Waals surface area contributed by atoms with Crippen LogP contribution in [0.2, 0.25) is 0 Å². The molecule has 0 spiro atoms. The van der Waals surface area contributed by atoms with E-state index in [-0.39, 0.29) is 11.5 Å². The summed E-state index contributed by atoms with van der Waals surface area (Å²) in [6.45, 7) is 3.51. The maximum absolute atomic E-state index is 11.3. The van der Waals surface area contributed by atoms with Crippen LogP contribution in [-0.4, -0.2) is 10.9 Å². The van der Waals surface area contributed by atoms with Gasteiger partial charge < -0.3 is 5.11 Å². The number of hydrogen-bond acceptors (Lipinski definition) is 2. The first-order valence-corrected chi connectivity index (χ1v) is 4.96. The van der Waals surface area contributed by atoms with Gasteiger partial charge in [0.1, 0.15) is 5.75 Å². The number of Topliss-reactive ketones (excluding diaryl/α,β-unsaturated/α-hetero) is 1. The molecule has 2 nitrogen and oxygen atoms in total. The number of rotatable bonds is 1. The van der Waals surface area contributed by atoms with E-state index in [1.165, 1.54) is 12.5 Å². The monoisotopic (exact) mass is 190 g/mol. The highest BCUT2D eigenvalue weighted by molar-refractivity contribution is 5.97. The van der Waals surface area contributed by atoms with Crippen LogP contribution >= 0.6 is 0 Å². The zero-order valence-electron chi connectivity index (χ0n) is 8.55. The molecule has 1 aliphatic carbocycles. The van der Waals surface area contributed by atoms with Gasteiger partial charge in [0.25, 0.3) is 0 Å². The Morgan fingerprint density at radius 1 is 1.36 bits per heavy atom. The Labute approximate surface area is 83.6 Å². The third-order valence-electron chi connectivity index (χ3n) is 2.97. The van der Waals surface area contributed by atoms with Crippen molar-refractivity contribution in [2.45, 2.75) is 33.1 Å². The van der Waals surface area contributed by atoms with Crippen molar-refractivity contribution in [3.05, 3.63) is 28.3 Å². The molecule has 0 heterocycles. The van der Waals surface area contributed by atoms with E-state index in [9.17, 15) is 9.90 Å². The Kier molecular flexibility index (Phi) is 2.06. The lowest BCUT2D eigenvalue weighted by atomic mass is 9.97. The summed E-state index contributed by atoms with van der Waals surface area (Å²) < 4.78 is 0. The molecule has 0 aliphatic heterocycles. The standard InChI is InChI=1S/C12H14O2/c1-7-6-11(8(2)13)12(14)10-5-3-4-9(7)10/h6,14H,3-5H2,1-2H3. The molecule has 0 atom stereocenters. The van der Waals surface area contributed by atoms with Crippen molar-refractivity contribution in [1.82, 2.24) is 0 Å². The van der Waals surface area contributed by atoms with Crippen LogP contribution in [0.5, 0.6) is 5.75 Å². The lowest BCUT2D eigenvalue weighted by Gasteiger charge is -2.10. The number of ketones is 1. The number of aryl methyl sites for hydroxylation is 1. The van der Waals surface area contributed by atoms with E-state index in [1.54, 1.807) is 0 Å². The predicted molar refractivity (Wildman–Crippen MR) is 54.9 cm³/mol. The highest BCUT2D eigenvalue weighted by Gasteiger charge is 2.21. The number of carbonyl (C=O) groups is 1. The van der Waals surface area contributed by atoms with E-state index in [2.05, 4.69) is 0 Å². The summed E-state index contributed by atoms with van der Waals surface area (Å²) in [6.07, 6.45) is 3.03. The van der Waals surface area contributed by atoms with Crippen molar-refractivity contribution >= 4 is 5.78 Å². The highest BCUT2D eigenvalue weighted by Crippen LogP contribution is 2.35. The molecule has 0 saturated heterocycles. The number of aromatic hydroxyl groups is 1. The highest BCUT2D eigenvalue weighted by atomic mass is 16.3. The van der Waals surface area contributed by atoms with Gasteiger partial charge in [-0.25, -0.2) is 0 Å². The van der Waals surface area contributed by atoms with Crippen LogP contribution in [0.4, 0.5) is 0 Å². The largest absolute Gasteiger partial charge is 0.507 e. The van der Waals surface area contributed by atoms with E-state index < -0.39 is 0 Å². The van der Waals surface area contributed by atoms with Crippen molar-refractivity contribution < 1.29 is 9.90 Å². The second kappa shape index (κ2) is 3.12. The summed E-state index contributed by atoms with van der Waals surface area (Å²) in [4.78, 5) is 11.3. The van der Waals surface area contributed by atoms with Crippen molar-refractivity contribution in [3.8, 4) is 5.75 Å². The van der Waals surface area contributed by atoms with Crippen LogP contribution in [-0.2, 0) is 12.8 Å². The molecule has 2 rings (SSSR count). The second-order valence-corrected chi connectivity index (χ2v) is 3.96. The molecule has 1 aromatic rings. The number of carbonyl (C=O) groups excluding carboxylic acids is 1. The normalized spacial score (nSPS) is 14.1. The van der Waals surface area contributed by atoms with Gasteiger partial charge in [0.2, 0.25) is 0 Å². The molecule has 0 fully saturated rings. The minimum atomic E-state index is -0.0553. The van der Waals surface area contributed by atoms with Gasteiger partial charge in [0.05, 0.1) is 5.56 Å². The van der Waals surface area contributed by atoms with Gasteiger partial charge in [-0.05, 0) is 55.9 Å². The van der Waals surface area contributed by atoms with E-state index >= 15 is 0 Å². The zero-order valence-corrected chi connectivity index (χ0v) is 8.55. The van der Waals surface area contributed by atoms with Gasteiger partial charge in [-0.1, -0.05) is 0 Å². The van der Waals surface area contributed by atoms with E-state index in [0.29, 0.717) is 5.56 Å². The van der Waals surface area contributed by atoms with E-state index in [1.807, 2.05) is 13.0 Å². The fourth-order valence-corrected chi connectivity index (χ4v) is 2.24. The average Bonchev–Trinajstić information content (AvgIpc) is 2.59. The Hall–Kier alpha value is -1.31. The van der Waals surface area contributed by atoms with Crippen LogP contribution in [0.25, 0.3) is 0 Å². The molecule has 0 radical (unpaired) electrons. The Morgan fingerprint density at radius 3 is 2.64 bits per heavy atom. The first kappa shape index (κ1) is 9.25. The van der Waals surface area contributed by atoms with Crippen LogP contribution in [0.3, 0.4) is 0 Å². The topological polar surface area (TPSA) is 37.3 Å². The van der Waals surface area contributed by atoms with E-state index in [0.717, 1.165) is 30.4 Å². The first-order valence-electron chi connectivity index (χ1n) is 4.96. The maximum Gasteiger partial charge on any atom is 0.163 e. The lowest BCUT2D eigenvalue weighted by Crippen LogP contribution is -1.98. The average molecular weight is 190 g/mol. The molecule has 0 bridgehead atoms. The number of phenolic OH excluding ortho intramolecular Hbond substituents is 1. The minimum Gasteiger partial charge on any atom is -0.507 e. The number of hydrogen-bond donors (Lipinski definition) is 1. The summed E-state index contributed by atoms with van der Waals surface area (Å²) in [5, 5.41) is 9.88. The maximum atomic E-state index is 11.3. The van der Waals surface area contributed by atoms with Crippen LogP contribution in [0, 0.1) is 6.92 Å². The molecule has 74 valence electrons. The molecule has 0 saturated carbocycles. The molecule has 1 N–H and O–H groups in total. The summed E-state index contributed by atoms with van der Waals surface area (Å²) >= 11 is 0.